The Morgan fingerprint density at radius 3 is 2.40 bits per heavy atom. The largest absolute Gasteiger partial charge is 0.493 e. The summed E-state index contributed by atoms with van der Waals surface area (Å²) in [7, 11) is 0. The van der Waals surface area contributed by atoms with E-state index in [1.807, 2.05) is 0 Å². The number of halogens is 6. The van der Waals surface area contributed by atoms with E-state index >= 15 is 0 Å². The first-order valence-corrected chi connectivity index (χ1v) is 13.5. The summed E-state index contributed by atoms with van der Waals surface area (Å²) in [5.41, 5.74) is -1.37. The van der Waals surface area contributed by atoms with Crippen molar-refractivity contribution < 1.29 is 35.9 Å². The summed E-state index contributed by atoms with van der Waals surface area (Å²) < 4.78 is 88.5. The summed E-state index contributed by atoms with van der Waals surface area (Å²) in [6.07, 6.45) is -1.58. The van der Waals surface area contributed by atoms with Gasteiger partial charge in [-0.3, -0.25) is 9.78 Å². The number of hydrogen-bond acceptors (Lipinski definition) is 5. The molecule has 0 unspecified atom stereocenters. The SMILES string of the molecule is O=C(Nc1cc(OCC2CCCC2)cc(C(F)(F)F)c1)c1ccc(C(F)(F)F)c(Cc2ncccc2-c2ccncn2)c1. The van der Waals surface area contributed by atoms with E-state index in [2.05, 4.69) is 20.3 Å². The number of pyridine rings is 1. The van der Waals surface area contributed by atoms with E-state index in [1.165, 1.54) is 24.8 Å². The minimum Gasteiger partial charge on any atom is -0.493 e. The zero-order chi connectivity index (χ0) is 30.6. The highest BCUT2D eigenvalue weighted by Crippen LogP contribution is 2.37. The van der Waals surface area contributed by atoms with Crippen LogP contribution in [0.25, 0.3) is 11.3 Å². The van der Waals surface area contributed by atoms with Crippen LogP contribution in [0.1, 0.15) is 58.4 Å². The van der Waals surface area contributed by atoms with E-state index in [9.17, 15) is 31.1 Å². The van der Waals surface area contributed by atoms with Crippen LogP contribution in [0.3, 0.4) is 0 Å². The molecule has 4 aromatic rings. The fourth-order valence-corrected chi connectivity index (χ4v) is 5.11. The van der Waals surface area contributed by atoms with E-state index < -0.39 is 29.4 Å². The summed E-state index contributed by atoms with van der Waals surface area (Å²) >= 11 is 0. The normalized spacial score (nSPS) is 14.1. The Morgan fingerprint density at radius 1 is 0.907 bits per heavy atom. The van der Waals surface area contributed by atoms with Crippen molar-refractivity contribution >= 4 is 11.6 Å². The molecule has 1 fully saturated rings. The van der Waals surface area contributed by atoms with Gasteiger partial charge in [0.15, 0.2) is 0 Å². The van der Waals surface area contributed by atoms with Gasteiger partial charge < -0.3 is 10.1 Å². The molecule has 1 amide bonds. The van der Waals surface area contributed by atoms with E-state index in [4.69, 9.17) is 4.74 Å². The lowest BCUT2D eigenvalue weighted by Crippen LogP contribution is -2.16. The van der Waals surface area contributed by atoms with Crippen LogP contribution in [0.5, 0.6) is 5.75 Å². The zero-order valence-corrected chi connectivity index (χ0v) is 22.7. The van der Waals surface area contributed by atoms with E-state index in [0.717, 1.165) is 56.0 Å². The molecule has 0 atom stereocenters. The van der Waals surface area contributed by atoms with Gasteiger partial charge in [-0.25, -0.2) is 9.97 Å². The Hall–Kier alpha value is -4.48. The predicted molar refractivity (Wildman–Crippen MR) is 146 cm³/mol. The number of nitrogens with zero attached hydrogens (tertiary/aromatic N) is 3. The molecule has 2 heterocycles. The van der Waals surface area contributed by atoms with Crippen LogP contribution >= 0.6 is 0 Å². The first kappa shape index (κ1) is 30.0. The van der Waals surface area contributed by atoms with Crippen molar-refractivity contribution in [2.75, 3.05) is 11.9 Å². The maximum absolute atomic E-state index is 14.0. The molecule has 1 saturated carbocycles. The average molecular weight is 601 g/mol. The standard InChI is InChI=1S/C31H26F6N4O2/c32-30(33,34)22-14-23(16-24(15-22)43-17-19-4-1-2-5-19)41-29(42)20-7-8-26(31(35,36)37)21(12-20)13-28-25(6-3-10-39-28)27-9-11-38-18-40-27/h3,6-12,14-16,18-19H,1-2,4-5,13,17H2,(H,41,42). The van der Waals surface area contributed by atoms with Crippen LogP contribution in [0.2, 0.25) is 0 Å². The minimum absolute atomic E-state index is 0.0578. The van der Waals surface area contributed by atoms with Crippen LogP contribution < -0.4 is 10.1 Å². The second kappa shape index (κ2) is 12.4. The zero-order valence-electron chi connectivity index (χ0n) is 22.7. The van der Waals surface area contributed by atoms with Crippen molar-refractivity contribution in [2.24, 2.45) is 5.92 Å². The van der Waals surface area contributed by atoms with Gasteiger partial charge in [0.05, 0.1) is 29.1 Å². The van der Waals surface area contributed by atoms with E-state index in [1.54, 1.807) is 18.2 Å². The fourth-order valence-electron chi connectivity index (χ4n) is 5.11. The summed E-state index contributed by atoms with van der Waals surface area (Å²) in [6.45, 7) is 0.251. The molecule has 1 N–H and O–H groups in total. The summed E-state index contributed by atoms with van der Waals surface area (Å²) in [5.74, 6) is -0.697. The highest BCUT2D eigenvalue weighted by Gasteiger charge is 2.34. The second-order valence-electron chi connectivity index (χ2n) is 10.3. The molecule has 12 heteroatoms. The van der Waals surface area contributed by atoms with Crippen molar-refractivity contribution in [2.45, 2.75) is 44.5 Å². The third-order valence-electron chi connectivity index (χ3n) is 7.23. The minimum atomic E-state index is -4.74. The van der Waals surface area contributed by atoms with Crippen molar-refractivity contribution in [3.05, 3.63) is 101 Å². The second-order valence-corrected chi connectivity index (χ2v) is 10.3. The van der Waals surface area contributed by atoms with Gasteiger partial charge in [0, 0.05) is 41.7 Å². The van der Waals surface area contributed by atoms with Gasteiger partial charge in [-0.2, -0.15) is 26.3 Å². The Morgan fingerprint density at radius 2 is 1.70 bits per heavy atom. The summed E-state index contributed by atoms with van der Waals surface area (Å²) in [4.78, 5) is 25.4. The number of amides is 1. The van der Waals surface area contributed by atoms with Gasteiger partial charge in [-0.15, -0.1) is 0 Å². The van der Waals surface area contributed by atoms with Gasteiger partial charge in [-0.05, 0) is 72.9 Å². The molecule has 1 aliphatic rings. The lowest BCUT2D eigenvalue weighted by molar-refractivity contribution is -0.138. The number of benzene rings is 2. The quantitative estimate of drug-likeness (QED) is 0.208. The van der Waals surface area contributed by atoms with Gasteiger partial charge in [0.1, 0.15) is 12.1 Å². The van der Waals surface area contributed by atoms with Crippen LogP contribution in [0, 0.1) is 5.92 Å². The van der Waals surface area contributed by atoms with Gasteiger partial charge in [0.2, 0.25) is 0 Å². The number of carbonyl (C=O) groups excluding carboxylic acids is 1. The third kappa shape index (κ3) is 7.49. The lowest BCUT2D eigenvalue weighted by Gasteiger charge is -2.17. The predicted octanol–water partition coefficient (Wildman–Crippen LogP) is 7.99. The molecule has 43 heavy (non-hydrogen) atoms. The highest BCUT2D eigenvalue weighted by atomic mass is 19.4. The molecule has 0 radical (unpaired) electrons. The molecule has 6 nitrogen and oxygen atoms in total. The number of anilines is 1. The molecule has 0 saturated heterocycles. The molecular formula is C31H26F6N4O2. The molecule has 0 aliphatic heterocycles. The van der Waals surface area contributed by atoms with Gasteiger partial charge >= 0.3 is 12.4 Å². The molecule has 0 spiro atoms. The molecule has 224 valence electrons. The number of aromatic nitrogens is 3. The first-order chi connectivity index (χ1) is 20.5. The number of rotatable bonds is 8. The van der Waals surface area contributed by atoms with Crippen LogP contribution in [0.4, 0.5) is 32.0 Å². The Bertz CT molecular complexity index is 1590. The highest BCUT2D eigenvalue weighted by molar-refractivity contribution is 6.04. The van der Waals surface area contributed by atoms with E-state index in [-0.39, 0.29) is 47.2 Å². The maximum atomic E-state index is 14.0. The molecule has 2 aromatic carbocycles. The Balaban J connectivity index is 1.44. The molecule has 2 aromatic heterocycles. The van der Waals surface area contributed by atoms with Crippen LogP contribution in [-0.4, -0.2) is 27.5 Å². The number of carbonyl (C=O) groups is 1. The fraction of sp³-hybridized carbons (Fsp3) is 0.290. The number of alkyl halides is 6. The number of nitrogens with one attached hydrogen (secondary N) is 1. The van der Waals surface area contributed by atoms with Gasteiger partial charge in [0.25, 0.3) is 5.91 Å². The Kier molecular flexibility index (Phi) is 8.65. The average Bonchev–Trinajstić information content (AvgIpc) is 3.50. The third-order valence-corrected chi connectivity index (χ3v) is 7.23. The Labute approximate surface area is 243 Å². The maximum Gasteiger partial charge on any atom is 0.416 e. The monoisotopic (exact) mass is 600 g/mol. The van der Waals surface area contributed by atoms with Crippen molar-refractivity contribution in [1.82, 2.24) is 15.0 Å². The molecule has 0 bridgehead atoms. The van der Waals surface area contributed by atoms with Gasteiger partial charge in [-0.1, -0.05) is 12.8 Å². The molecule has 5 rings (SSSR count). The molecular weight excluding hydrogens is 574 g/mol. The van der Waals surface area contributed by atoms with E-state index in [0.29, 0.717) is 11.3 Å². The number of hydrogen-bond donors (Lipinski definition) is 1. The van der Waals surface area contributed by atoms with Crippen molar-refractivity contribution in [1.29, 1.82) is 0 Å². The lowest BCUT2D eigenvalue weighted by atomic mass is 9.96. The van der Waals surface area contributed by atoms with Crippen LogP contribution in [-0.2, 0) is 18.8 Å². The first-order valence-electron chi connectivity index (χ1n) is 13.5. The summed E-state index contributed by atoms with van der Waals surface area (Å²) in [5, 5.41) is 2.39. The summed E-state index contributed by atoms with van der Waals surface area (Å²) in [6, 6.07) is 10.6. The topological polar surface area (TPSA) is 77.0 Å². The van der Waals surface area contributed by atoms with Crippen molar-refractivity contribution in [3.8, 4) is 17.0 Å². The van der Waals surface area contributed by atoms with Crippen LogP contribution in [0.15, 0.2) is 73.3 Å². The molecule has 1 aliphatic carbocycles. The van der Waals surface area contributed by atoms with Crippen molar-refractivity contribution in [3.63, 3.8) is 0 Å². The number of ether oxygens (including phenoxy) is 1. The smallest absolute Gasteiger partial charge is 0.416 e.